The van der Waals surface area contributed by atoms with E-state index >= 15 is 0 Å². The van der Waals surface area contributed by atoms with E-state index in [1.54, 1.807) is 0 Å². The van der Waals surface area contributed by atoms with Crippen LogP contribution in [-0.2, 0) is 28.1 Å². The maximum atomic E-state index is 5.44. The summed E-state index contributed by atoms with van der Waals surface area (Å²) >= 11 is 0. The summed E-state index contributed by atoms with van der Waals surface area (Å²) in [6.45, 7) is 4.64. The van der Waals surface area contributed by atoms with E-state index in [0.29, 0.717) is 0 Å². The lowest BCUT2D eigenvalue weighted by Gasteiger charge is -2.18. The molecule has 0 amide bonds. The molecule has 0 radical (unpaired) electrons. The molecule has 0 aliphatic carbocycles. The van der Waals surface area contributed by atoms with E-state index in [9.17, 15) is 0 Å². The minimum absolute atomic E-state index is 0.00728. The monoisotopic (exact) mass is 190 g/mol. The third kappa shape index (κ3) is 1.26. The third-order valence-electron chi connectivity index (χ3n) is 3.17. The van der Waals surface area contributed by atoms with Crippen molar-refractivity contribution < 1.29 is 9.47 Å². The summed E-state index contributed by atoms with van der Waals surface area (Å²) in [5.74, 6) is 0. The molecule has 2 heteroatoms. The molecule has 2 aliphatic heterocycles. The van der Waals surface area contributed by atoms with Crippen LogP contribution < -0.4 is 0 Å². The Balaban J connectivity index is 2.01. The van der Waals surface area contributed by atoms with Crippen molar-refractivity contribution in [1.82, 2.24) is 0 Å². The van der Waals surface area contributed by atoms with Gasteiger partial charge in [0.05, 0.1) is 19.8 Å². The Labute approximate surface area is 83.8 Å². The van der Waals surface area contributed by atoms with Gasteiger partial charge in [-0.15, -0.1) is 0 Å². The Hall–Kier alpha value is -0.860. The highest BCUT2D eigenvalue weighted by atomic mass is 16.6. The molecular formula is C12H14O2. The van der Waals surface area contributed by atoms with Crippen molar-refractivity contribution in [2.75, 3.05) is 13.2 Å². The fraction of sp³-hybridized carbons (Fsp3) is 0.500. The number of epoxide rings is 1. The second-order valence-corrected chi connectivity index (χ2v) is 4.31. The molecule has 0 aromatic heterocycles. The molecule has 1 aromatic carbocycles. The number of rotatable bonds is 1. The zero-order valence-electron chi connectivity index (χ0n) is 8.38. The molecule has 0 spiro atoms. The quantitative estimate of drug-likeness (QED) is 0.632. The van der Waals surface area contributed by atoms with E-state index in [1.807, 2.05) is 0 Å². The van der Waals surface area contributed by atoms with Crippen LogP contribution in [0.15, 0.2) is 18.2 Å². The first-order chi connectivity index (χ1) is 6.78. The van der Waals surface area contributed by atoms with Gasteiger partial charge < -0.3 is 9.47 Å². The first kappa shape index (κ1) is 8.45. The number of hydrogen-bond acceptors (Lipinski definition) is 2. The van der Waals surface area contributed by atoms with Crippen LogP contribution in [0.1, 0.15) is 23.6 Å². The van der Waals surface area contributed by atoms with Gasteiger partial charge in [-0.25, -0.2) is 0 Å². The molecule has 74 valence electrons. The summed E-state index contributed by atoms with van der Waals surface area (Å²) in [6, 6.07) is 6.63. The van der Waals surface area contributed by atoms with Crippen LogP contribution in [0.4, 0.5) is 0 Å². The molecule has 1 aromatic rings. The minimum Gasteiger partial charge on any atom is -0.376 e. The summed E-state index contributed by atoms with van der Waals surface area (Å²) in [6.07, 6.45) is 1.04. The highest BCUT2D eigenvalue weighted by molar-refractivity contribution is 5.37. The van der Waals surface area contributed by atoms with Crippen molar-refractivity contribution in [3.8, 4) is 0 Å². The van der Waals surface area contributed by atoms with Crippen molar-refractivity contribution in [3.05, 3.63) is 34.9 Å². The summed E-state index contributed by atoms with van der Waals surface area (Å²) in [5.41, 5.74) is 4.10. The molecule has 2 aliphatic rings. The zero-order valence-corrected chi connectivity index (χ0v) is 8.38. The van der Waals surface area contributed by atoms with Gasteiger partial charge in [0.15, 0.2) is 0 Å². The second-order valence-electron chi connectivity index (χ2n) is 4.31. The Morgan fingerprint density at radius 3 is 2.93 bits per heavy atom. The molecule has 1 unspecified atom stereocenters. The summed E-state index contributed by atoms with van der Waals surface area (Å²) in [5, 5.41) is 0. The van der Waals surface area contributed by atoms with Crippen LogP contribution in [0.5, 0.6) is 0 Å². The largest absolute Gasteiger partial charge is 0.376 e. The van der Waals surface area contributed by atoms with Crippen LogP contribution in [-0.4, -0.2) is 13.2 Å². The van der Waals surface area contributed by atoms with Gasteiger partial charge in [-0.3, -0.25) is 0 Å². The molecule has 14 heavy (non-hydrogen) atoms. The van der Waals surface area contributed by atoms with Crippen LogP contribution in [0, 0.1) is 0 Å². The van der Waals surface area contributed by atoms with Crippen molar-refractivity contribution in [3.63, 3.8) is 0 Å². The fourth-order valence-electron chi connectivity index (χ4n) is 1.97. The van der Waals surface area contributed by atoms with Gasteiger partial charge in [0.1, 0.15) is 5.60 Å². The van der Waals surface area contributed by atoms with Gasteiger partial charge in [0.2, 0.25) is 0 Å². The lowest BCUT2D eigenvalue weighted by molar-refractivity contribution is 0.110. The highest BCUT2D eigenvalue weighted by Gasteiger charge is 2.41. The molecule has 2 heterocycles. The Morgan fingerprint density at radius 2 is 2.14 bits per heavy atom. The molecule has 0 bridgehead atoms. The molecule has 1 atom stereocenters. The summed E-state index contributed by atoms with van der Waals surface area (Å²) in [7, 11) is 0. The SMILES string of the molecule is CC1(c2ccc3c(c2)CCOC3)CO1. The standard InChI is InChI=1S/C12H14O2/c1-12(8-14-12)11-3-2-10-7-13-5-4-9(10)6-11/h2-3,6H,4-5,7-8H2,1H3. The van der Waals surface area contributed by atoms with Crippen LogP contribution >= 0.6 is 0 Å². The Morgan fingerprint density at radius 1 is 1.29 bits per heavy atom. The lowest BCUT2D eigenvalue weighted by atomic mass is 9.94. The third-order valence-corrected chi connectivity index (χ3v) is 3.17. The first-order valence-corrected chi connectivity index (χ1v) is 5.12. The van der Waals surface area contributed by atoms with E-state index in [1.165, 1.54) is 16.7 Å². The number of ether oxygens (including phenoxy) is 2. The van der Waals surface area contributed by atoms with Crippen LogP contribution in [0.25, 0.3) is 0 Å². The molecule has 1 saturated heterocycles. The highest BCUT2D eigenvalue weighted by Crippen LogP contribution is 2.38. The lowest BCUT2D eigenvalue weighted by Crippen LogP contribution is -2.12. The second kappa shape index (κ2) is 2.81. The van der Waals surface area contributed by atoms with Crippen molar-refractivity contribution in [1.29, 1.82) is 0 Å². The van der Waals surface area contributed by atoms with Gasteiger partial charge in [-0.1, -0.05) is 18.2 Å². The predicted octanol–water partition coefficient (Wildman–Crippen LogP) is 2.00. The zero-order chi connectivity index (χ0) is 9.60. The van der Waals surface area contributed by atoms with Gasteiger partial charge in [-0.2, -0.15) is 0 Å². The van der Waals surface area contributed by atoms with Crippen LogP contribution in [0.2, 0.25) is 0 Å². The van der Waals surface area contributed by atoms with Crippen molar-refractivity contribution in [2.45, 2.75) is 25.6 Å². The van der Waals surface area contributed by atoms with E-state index < -0.39 is 0 Å². The van der Waals surface area contributed by atoms with E-state index in [-0.39, 0.29) is 5.60 Å². The van der Waals surface area contributed by atoms with Gasteiger partial charge >= 0.3 is 0 Å². The van der Waals surface area contributed by atoms with E-state index in [2.05, 4.69) is 25.1 Å². The number of fused-ring (bicyclic) bond motifs is 1. The molecule has 1 fully saturated rings. The molecule has 3 rings (SSSR count). The Kier molecular flexibility index (Phi) is 1.70. The smallest absolute Gasteiger partial charge is 0.114 e. The maximum Gasteiger partial charge on any atom is 0.114 e. The predicted molar refractivity (Wildman–Crippen MR) is 53.1 cm³/mol. The summed E-state index contributed by atoms with van der Waals surface area (Å²) in [4.78, 5) is 0. The minimum atomic E-state index is 0.00728. The summed E-state index contributed by atoms with van der Waals surface area (Å²) < 4.78 is 10.8. The van der Waals surface area contributed by atoms with Gasteiger partial charge in [0.25, 0.3) is 0 Å². The van der Waals surface area contributed by atoms with Crippen molar-refractivity contribution in [2.24, 2.45) is 0 Å². The average molecular weight is 190 g/mol. The van der Waals surface area contributed by atoms with E-state index in [4.69, 9.17) is 9.47 Å². The molecular weight excluding hydrogens is 176 g/mol. The number of benzene rings is 1. The van der Waals surface area contributed by atoms with Crippen molar-refractivity contribution >= 4 is 0 Å². The fourth-order valence-corrected chi connectivity index (χ4v) is 1.97. The molecule has 0 saturated carbocycles. The van der Waals surface area contributed by atoms with Crippen LogP contribution in [0.3, 0.4) is 0 Å². The topological polar surface area (TPSA) is 21.8 Å². The maximum absolute atomic E-state index is 5.44. The normalized spacial score (nSPS) is 29.8. The average Bonchev–Trinajstić information content (AvgIpc) is 2.97. The van der Waals surface area contributed by atoms with E-state index in [0.717, 1.165) is 26.2 Å². The van der Waals surface area contributed by atoms with Gasteiger partial charge in [-0.05, 0) is 30.0 Å². The van der Waals surface area contributed by atoms with Gasteiger partial charge in [0, 0.05) is 0 Å². The molecule has 0 N–H and O–H groups in total. The first-order valence-electron chi connectivity index (χ1n) is 5.12. The Bertz CT molecular complexity index is 367. The molecule has 2 nitrogen and oxygen atoms in total. The number of hydrogen-bond donors (Lipinski definition) is 0.